The van der Waals surface area contributed by atoms with Gasteiger partial charge in [-0.05, 0) is 21.0 Å². The van der Waals surface area contributed by atoms with Gasteiger partial charge in [0.05, 0.1) is 0 Å². The van der Waals surface area contributed by atoms with Gasteiger partial charge in [0, 0.05) is 0 Å². The van der Waals surface area contributed by atoms with Crippen molar-refractivity contribution in [2.24, 2.45) is 5.90 Å². The molecule has 0 rings (SSSR count). The standard InChI is InChI=1S/C4H12N2O.2ClH/c1-4(7-5)6(2)3;;/h4H,5H2,1-3H3;2*1H. The van der Waals surface area contributed by atoms with Crippen molar-refractivity contribution in [3.63, 3.8) is 0 Å². The first-order chi connectivity index (χ1) is 3.18. The largest absolute Gasteiger partial charge is 0.286 e. The van der Waals surface area contributed by atoms with Crippen LogP contribution in [0.5, 0.6) is 0 Å². The first-order valence-corrected chi connectivity index (χ1v) is 2.20. The van der Waals surface area contributed by atoms with Gasteiger partial charge in [-0.15, -0.1) is 24.8 Å². The Balaban J connectivity index is -0.000000180. The van der Waals surface area contributed by atoms with Crippen LogP contribution in [-0.4, -0.2) is 25.2 Å². The molecule has 1 atom stereocenters. The number of hydrogen-bond donors (Lipinski definition) is 1. The Labute approximate surface area is 68.3 Å². The zero-order valence-corrected chi connectivity index (χ0v) is 7.46. The summed E-state index contributed by atoms with van der Waals surface area (Å²) >= 11 is 0. The molecule has 0 aromatic rings. The normalized spacial score (nSPS) is 11.7. The van der Waals surface area contributed by atoms with Crippen molar-refractivity contribution in [3.8, 4) is 0 Å². The number of nitrogens with zero attached hydrogens (tertiary/aromatic N) is 1. The van der Waals surface area contributed by atoms with E-state index >= 15 is 0 Å². The molecule has 0 aliphatic heterocycles. The molecule has 60 valence electrons. The molecular weight excluding hydrogens is 163 g/mol. The number of rotatable bonds is 2. The van der Waals surface area contributed by atoms with E-state index in [0.29, 0.717) is 0 Å². The molecule has 3 nitrogen and oxygen atoms in total. The fraction of sp³-hybridized carbons (Fsp3) is 1.00. The summed E-state index contributed by atoms with van der Waals surface area (Å²) < 4.78 is 0. The van der Waals surface area contributed by atoms with Gasteiger partial charge in [0.15, 0.2) is 0 Å². The van der Waals surface area contributed by atoms with E-state index in [1.54, 1.807) is 0 Å². The van der Waals surface area contributed by atoms with E-state index in [9.17, 15) is 0 Å². The molecule has 0 aromatic heterocycles. The number of hydrogen-bond acceptors (Lipinski definition) is 3. The van der Waals surface area contributed by atoms with Crippen LogP contribution in [0.2, 0.25) is 0 Å². The van der Waals surface area contributed by atoms with E-state index in [0.717, 1.165) is 0 Å². The van der Waals surface area contributed by atoms with E-state index in [1.165, 1.54) is 0 Å². The first-order valence-electron chi connectivity index (χ1n) is 2.20. The van der Waals surface area contributed by atoms with Crippen LogP contribution in [0.15, 0.2) is 0 Å². The minimum Gasteiger partial charge on any atom is -0.286 e. The second kappa shape index (κ2) is 8.46. The van der Waals surface area contributed by atoms with Crippen molar-refractivity contribution >= 4 is 24.8 Å². The molecule has 0 aromatic carbocycles. The number of halogens is 2. The van der Waals surface area contributed by atoms with Crippen molar-refractivity contribution in [1.82, 2.24) is 4.90 Å². The van der Waals surface area contributed by atoms with E-state index in [1.807, 2.05) is 25.9 Å². The SMILES string of the molecule is CC(ON)N(C)C.Cl.Cl. The third kappa shape index (κ3) is 8.46. The second-order valence-corrected chi connectivity index (χ2v) is 1.70. The molecule has 0 bridgehead atoms. The third-order valence-corrected chi connectivity index (χ3v) is 0.924. The molecule has 0 heterocycles. The van der Waals surface area contributed by atoms with Gasteiger partial charge in [0.1, 0.15) is 6.23 Å². The molecule has 0 radical (unpaired) electrons. The van der Waals surface area contributed by atoms with Crippen LogP contribution in [0.4, 0.5) is 0 Å². The summed E-state index contributed by atoms with van der Waals surface area (Å²) in [6.45, 7) is 1.88. The van der Waals surface area contributed by atoms with Crippen LogP contribution < -0.4 is 5.90 Å². The summed E-state index contributed by atoms with van der Waals surface area (Å²) in [6.07, 6.45) is 0.0139. The Hall–Kier alpha value is 0.460. The minimum atomic E-state index is 0. The van der Waals surface area contributed by atoms with Gasteiger partial charge in [-0.3, -0.25) is 9.74 Å². The summed E-state index contributed by atoms with van der Waals surface area (Å²) in [7, 11) is 3.80. The molecule has 0 saturated carbocycles. The van der Waals surface area contributed by atoms with Crippen LogP contribution in [0.3, 0.4) is 0 Å². The van der Waals surface area contributed by atoms with Crippen molar-refractivity contribution in [2.45, 2.75) is 13.2 Å². The quantitative estimate of drug-likeness (QED) is 0.496. The van der Waals surface area contributed by atoms with Crippen LogP contribution in [0.25, 0.3) is 0 Å². The first kappa shape index (κ1) is 16.2. The highest BCUT2D eigenvalue weighted by Gasteiger charge is 1.98. The van der Waals surface area contributed by atoms with Crippen LogP contribution >= 0.6 is 24.8 Å². The molecule has 1 unspecified atom stereocenters. The van der Waals surface area contributed by atoms with Crippen LogP contribution in [0, 0.1) is 0 Å². The van der Waals surface area contributed by atoms with E-state index < -0.39 is 0 Å². The lowest BCUT2D eigenvalue weighted by Crippen LogP contribution is -2.29. The van der Waals surface area contributed by atoms with Gasteiger partial charge >= 0.3 is 0 Å². The summed E-state index contributed by atoms with van der Waals surface area (Å²) in [5.74, 6) is 4.83. The number of nitrogens with two attached hydrogens (primary N) is 1. The molecule has 5 heteroatoms. The van der Waals surface area contributed by atoms with Crippen molar-refractivity contribution in [2.75, 3.05) is 14.1 Å². The average molecular weight is 177 g/mol. The zero-order chi connectivity index (χ0) is 5.86. The van der Waals surface area contributed by atoms with Crippen molar-refractivity contribution in [1.29, 1.82) is 0 Å². The maximum Gasteiger partial charge on any atom is 0.128 e. The monoisotopic (exact) mass is 176 g/mol. The van der Waals surface area contributed by atoms with Crippen molar-refractivity contribution in [3.05, 3.63) is 0 Å². The van der Waals surface area contributed by atoms with Gasteiger partial charge in [0.2, 0.25) is 0 Å². The smallest absolute Gasteiger partial charge is 0.128 e. The maximum atomic E-state index is 4.83. The molecule has 0 saturated heterocycles. The van der Waals surface area contributed by atoms with Gasteiger partial charge in [-0.1, -0.05) is 0 Å². The lowest BCUT2D eigenvalue weighted by molar-refractivity contribution is -0.0242. The topological polar surface area (TPSA) is 38.5 Å². The summed E-state index contributed by atoms with van der Waals surface area (Å²) in [5, 5.41) is 0. The van der Waals surface area contributed by atoms with Gasteiger partial charge < -0.3 is 0 Å². The fourth-order valence-electron chi connectivity index (χ4n) is 0.122. The highest BCUT2D eigenvalue weighted by Crippen LogP contribution is 1.85. The Morgan fingerprint density at radius 3 is 1.67 bits per heavy atom. The van der Waals surface area contributed by atoms with E-state index in [4.69, 9.17) is 5.90 Å². The summed E-state index contributed by atoms with van der Waals surface area (Å²) in [5.41, 5.74) is 0. The van der Waals surface area contributed by atoms with Gasteiger partial charge in [-0.25, -0.2) is 5.90 Å². The summed E-state index contributed by atoms with van der Waals surface area (Å²) in [4.78, 5) is 6.31. The average Bonchev–Trinajstić information content (AvgIpc) is 1.65. The molecular formula is C4H14Cl2N2O. The maximum absolute atomic E-state index is 4.83. The third-order valence-electron chi connectivity index (χ3n) is 0.924. The molecule has 0 amide bonds. The van der Waals surface area contributed by atoms with E-state index in [-0.39, 0.29) is 31.0 Å². The molecule has 2 N–H and O–H groups in total. The Bertz CT molecular complexity index is 53.8. The predicted octanol–water partition coefficient (Wildman–Crippen LogP) is 0.628. The highest BCUT2D eigenvalue weighted by molar-refractivity contribution is 5.85. The molecule has 0 fully saturated rings. The van der Waals surface area contributed by atoms with Crippen LogP contribution in [0.1, 0.15) is 6.92 Å². The molecule has 0 spiro atoms. The Kier molecular flexibility index (Phi) is 15.3. The molecule has 0 aliphatic carbocycles. The zero-order valence-electron chi connectivity index (χ0n) is 5.83. The highest BCUT2D eigenvalue weighted by atomic mass is 35.5. The fourth-order valence-corrected chi connectivity index (χ4v) is 0.122. The van der Waals surface area contributed by atoms with Crippen molar-refractivity contribution < 1.29 is 4.84 Å². The van der Waals surface area contributed by atoms with Crippen LogP contribution in [-0.2, 0) is 4.84 Å². The van der Waals surface area contributed by atoms with Gasteiger partial charge in [0.25, 0.3) is 0 Å². The second-order valence-electron chi connectivity index (χ2n) is 1.70. The lowest BCUT2D eigenvalue weighted by atomic mass is 10.6. The Morgan fingerprint density at radius 1 is 1.33 bits per heavy atom. The molecule has 0 aliphatic rings. The lowest BCUT2D eigenvalue weighted by Gasteiger charge is -2.15. The Morgan fingerprint density at radius 2 is 1.67 bits per heavy atom. The predicted molar refractivity (Wildman–Crippen MR) is 42.9 cm³/mol. The minimum absolute atomic E-state index is 0. The van der Waals surface area contributed by atoms with Gasteiger partial charge in [-0.2, -0.15) is 0 Å². The summed E-state index contributed by atoms with van der Waals surface area (Å²) in [6, 6.07) is 0. The van der Waals surface area contributed by atoms with E-state index in [2.05, 4.69) is 4.84 Å². The molecule has 9 heavy (non-hydrogen) atoms.